The fraction of sp³-hybridized carbons (Fsp3) is 0.889. The molecule has 56 valence electrons. The van der Waals surface area contributed by atoms with Crippen LogP contribution in [0.1, 0.15) is 46.0 Å². The predicted octanol–water partition coefficient (Wildman–Crippen LogP) is 0.431. The zero-order valence-electron chi connectivity index (χ0n) is 7.82. The van der Waals surface area contributed by atoms with Crippen molar-refractivity contribution in [2.75, 3.05) is 0 Å². The summed E-state index contributed by atoms with van der Waals surface area (Å²) in [4.78, 5) is 0. The molecule has 0 N–H and O–H groups in total. The largest absolute Gasteiger partial charge is 1.00 e. The van der Waals surface area contributed by atoms with Crippen LogP contribution in [0, 0.1) is 12.8 Å². The summed E-state index contributed by atoms with van der Waals surface area (Å²) >= 11 is 0. The molecule has 0 saturated heterocycles. The molecule has 0 heterocycles. The van der Waals surface area contributed by atoms with Crippen LogP contribution < -0.4 is 29.6 Å². The van der Waals surface area contributed by atoms with Crippen LogP contribution in [0.15, 0.2) is 0 Å². The Morgan fingerprint density at radius 3 is 2.20 bits per heavy atom. The molecule has 0 aliphatic heterocycles. The molecule has 0 spiro atoms. The SMILES string of the molecule is [CH2-]C(CC)CCCCC.[Na+]. The van der Waals surface area contributed by atoms with Crippen LogP contribution in [0.25, 0.3) is 0 Å². The predicted molar refractivity (Wildman–Crippen MR) is 43.3 cm³/mol. The van der Waals surface area contributed by atoms with E-state index in [0.717, 1.165) is 0 Å². The third kappa shape index (κ3) is 9.00. The summed E-state index contributed by atoms with van der Waals surface area (Å²) in [5.74, 6) is 0.705. The number of hydrogen-bond acceptors (Lipinski definition) is 0. The molecule has 0 amide bonds. The summed E-state index contributed by atoms with van der Waals surface area (Å²) < 4.78 is 0. The Bertz CT molecular complexity index is 52.7. The van der Waals surface area contributed by atoms with Crippen molar-refractivity contribution in [3.05, 3.63) is 6.92 Å². The van der Waals surface area contributed by atoms with E-state index in [-0.39, 0.29) is 29.6 Å². The van der Waals surface area contributed by atoms with Crippen molar-refractivity contribution in [3.8, 4) is 0 Å². The molecule has 0 aliphatic carbocycles. The summed E-state index contributed by atoms with van der Waals surface area (Å²) in [5, 5.41) is 0. The molecular formula is C9H19Na. The van der Waals surface area contributed by atoms with Crippen molar-refractivity contribution < 1.29 is 29.6 Å². The van der Waals surface area contributed by atoms with E-state index in [0.29, 0.717) is 5.92 Å². The molecule has 0 nitrogen and oxygen atoms in total. The van der Waals surface area contributed by atoms with Gasteiger partial charge in [0.1, 0.15) is 0 Å². The molecule has 0 radical (unpaired) electrons. The minimum Gasteiger partial charge on any atom is -0.340 e. The van der Waals surface area contributed by atoms with Gasteiger partial charge in [0.25, 0.3) is 0 Å². The second-order valence-electron chi connectivity index (χ2n) is 2.77. The Morgan fingerprint density at radius 2 is 1.80 bits per heavy atom. The average molecular weight is 150 g/mol. The summed E-state index contributed by atoms with van der Waals surface area (Å²) in [6, 6.07) is 0. The first-order valence-electron chi connectivity index (χ1n) is 4.14. The first-order valence-corrected chi connectivity index (χ1v) is 4.14. The molecule has 1 atom stereocenters. The van der Waals surface area contributed by atoms with Crippen LogP contribution in [0.2, 0.25) is 0 Å². The molecule has 0 aromatic rings. The van der Waals surface area contributed by atoms with Gasteiger partial charge in [-0.2, -0.15) is 5.92 Å². The Hall–Kier alpha value is 1.00. The molecule has 10 heavy (non-hydrogen) atoms. The molecule has 0 bridgehead atoms. The summed E-state index contributed by atoms with van der Waals surface area (Å²) in [7, 11) is 0. The molecule has 0 aliphatic rings. The van der Waals surface area contributed by atoms with Gasteiger partial charge in [-0.25, -0.2) is 0 Å². The van der Waals surface area contributed by atoms with E-state index < -0.39 is 0 Å². The van der Waals surface area contributed by atoms with Crippen LogP contribution in [0.4, 0.5) is 0 Å². The van der Waals surface area contributed by atoms with Crippen molar-refractivity contribution in [1.82, 2.24) is 0 Å². The topological polar surface area (TPSA) is 0 Å². The third-order valence-electron chi connectivity index (χ3n) is 1.79. The van der Waals surface area contributed by atoms with Crippen LogP contribution in [-0.2, 0) is 0 Å². The zero-order valence-corrected chi connectivity index (χ0v) is 9.82. The van der Waals surface area contributed by atoms with Gasteiger partial charge in [-0.15, -0.1) is 0 Å². The van der Waals surface area contributed by atoms with Gasteiger partial charge in [0.15, 0.2) is 0 Å². The van der Waals surface area contributed by atoms with Crippen LogP contribution >= 0.6 is 0 Å². The third-order valence-corrected chi connectivity index (χ3v) is 1.79. The second kappa shape index (κ2) is 10.0. The molecule has 1 unspecified atom stereocenters. The molecular weight excluding hydrogens is 131 g/mol. The summed E-state index contributed by atoms with van der Waals surface area (Å²) in [6.45, 7) is 8.48. The van der Waals surface area contributed by atoms with Gasteiger partial charge < -0.3 is 6.92 Å². The van der Waals surface area contributed by atoms with E-state index in [9.17, 15) is 0 Å². The minimum absolute atomic E-state index is 0. The van der Waals surface area contributed by atoms with E-state index >= 15 is 0 Å². The Kier molecular flexibility index (Phi) is 13.6. The van der Waals surface area contributed by atoms with Crippen LogP contribution in [-0.4, -0.2) is 0 Å². The Balaban J connectivity index is 0. The van der Waals surface area contributed by atoms with E-state index in [1.54, 1.807) is 0 Å². The maximum absolute atomic E-state index is 4.03. The van der Waals surface area contributed by atoms with Crippen molar-refractivity contribution >= 4 is 0 Å². The van der Waals surface area contributed by atoms with Crippen molar-refractivity contribution in [3.63, 3.8) is 0 Å². The Labute approximate surface area is 88.1 Å². The number of hydrogen-bond donors (Lipinski definition) is 0. The first-order chi connectivity index (χ1) is 4.31. The zero-order chi connectivity index (χ0) is 7.11. The molecule has 0 fully saturated rings. The first kappa shape index (κ1) is 13.6. The van der Waals surface area contributed by atoms with E-state index in [1.807, 2.05) is 0 Å². The van der Waals surface area contributed by atoms with Crippen molar-refractivity contribution in [1.29, 1.82) is 0 Å². The quantitative estimate of drug-likeness (QED) is 0.303. The van der Waals surface area contributed by atoms with Gasteiger partial charge in [0, 0.05) is 0 Å². The molecule has 0 aromatic heterocycles. The molecule has 0 rings (SSSR count). The van der Waals surface area contributed by atoms with Gasteiger partial charge in [-0.3, -0.25) is 0 Å². The molecule has 1 heteroatoms. The van der Waals surface area contributed by atoms with Crippen molar-refractivity contribution in [2.45, 2.75) is 46.0 Å². The molecule has 0 aromatic carbocycles. The molecule has 0 saturated carbocycles. The van der Waals surface area contributed by atoms with Gasteiger partial charge in [0.05, 0.1) is 0 Å². The number of unbranched alkanes of at least 4 members (excludes halogenated alkanes) is 2. The smallest absolute Gasteiger partial charge is 0.340 e. The monoisotopic (exact) mass is 150 g/mol. The van der Waals surface area contributed by atoms with Crippen LogP contribution in [0.3, 0.4) is 0 Å². The fourth-order valence-electron chi connectivity index (χ4n) is 0.887. The normalized spacial score (nSPS) is 12.3. The maximum atomic E-state index is 4.03. The van der Waals surface area contributed by atoms with E-state index in [4.69, 9.17) is 0 Å². The summed E-state index contributed by atoms with van der Waals surface area (Å²) in [6.07, 6.45) is 6.65. The number of rotatable bonds is 5. The van der Waals surface area contributed by atoms with Crippen molar-refractivity contribution in [2.24, 2.45) is 5.92 Å². The van der Waals surface area contributed by atoms with Crippen LogP contribution in [0.5, 0.6) is 0 Å². The average Bonchev–Trinajstić information content (AvgIpc) is 1.89. The van der Waals surface area contributed by atoms with E-state index in [1.165, 1.54) is 32.1 Å². The maximum Gasteiger partial charge on any atom is 1.00 e. The summed E-state index contributed by atoms with van der Waals surface area (Å²) in [5.41, 5.74) is 0. The standard InChI is InChI=1S/C9H19.Na/c1-4-6-7-8-9(3)5-2;/h9H,3-8H2,1-2H3;/q-1;+1. The fourth-order valence-corrected chi connectivity index (χ4v) is 0.887. The van der Waals surface area contributed by atoms with Gasteiger partial charge in [-0.1, -0.05) is 46.0 Å². The Morgan fingerprint density at radius 1 is 1.20 bits per heavy atom. The van der Waals surface area contributed by atoms with Gasteiger partial charge >= 0.3 is 29.6 Å². The minimum atomic E-state index is 0. The van der Waals surface area contributed by atoms with E-state index in [2.05, 4.69) is 20.8 Å². The second-order valence-corrected chi connectivity index (χ2v) is 2.77. The van der Waals surface area contributed by atoms with Gasteiger partial charge in [0.2, 0.25) is 0 Å². The van der Waals surface area contributed by atoms with Gasteiger partial charge in [-0.05, 0) is 0 Å².